The number of carbonyl (C=O) groups is 3. The zero-order valence-corrected chi connectivity index (χ0v) is 9.26. The van der Waals surface area contributed by atoms with Crippen molar-refractivity contribution in [2.45, 2.75) is 12.5 Å². The van der Waals surface area contributed by atoms with Crippen LogP contribution in [0.4, 0.5) is 0 Å². The van der Waals surface area contributed by atoms with Crippen LogP contribution in [0.15, 0.2) is 12.2 Å². The normalized spacial score (nSPS) is 16.5. The summed E-state index contributed by atoms with van der Waals surface area (Å²) < 4.78 is 0. The molecular formula is C10H15N3O4. The zero-order chi connectivity index (χ0) is 12.8. The minimum Gasteiger partial charge on any atom is -0.390 e. The van der Waals surface area contributed by atoms with Gasteiger partial charge in [0, 0.05) is 38.2 Å². The van der Waals surface area contributed by atoms with Gasteiger partial charge in [-0.25, -0.2) is 0 Å². The van der Waals surface area contributed by atoms with Gasteiger partial charge < -0.3 is 16.2 Å². The smallest absolute Gasteiger partial charge is 0.253 e. The second-order valence-corrected chi connectivity index (χ2v) is 3.61. The molecule has 0 bridgehead atoms. The van der Waals surface area contributed by atoms with Crippen LogP contribution >= 0.6 is 0 Å². The molecule has 3 amide bonds. The molecule has 0 aromatic heterocycles. The van der Waals surface area contributed by atoms with Crippen molar-refractivity contribution in [3.8, 4) is 0 Å². The van der Waals surface area contributed by atoms with Crippen molar-refractivity contribution in [2.24, 2.45) is 5.73 Å². The first-order chi connectivity index (χ1) is 8.04. The number of aliphatic hydroxyl groups is 1. The highest BCUT2D eigenvalue weighted by Crippen LogP contribution is 2.03. The fourth-order valence-electron chi connectivity index (χ4n) is 1.27. The Morgan fingerprint density at radius 3 is 2.53 bits per heavy atom. The Morgan fingerprint density at radius 2 is 2.00 bits per heavy atom. The average molecular weight is 241 g/mol. The highest BCUT2D eigenvalue weighted by molar-refractivity contribution is 6.13. The Labute approximate surface area is 98.3 Å². The minimum absolute atomic E-state index is 0.0104. The monoisotopic (exact) mass is 241 g/mol. The molecule has 0 aliphatic carbocycles. The maximum absolute atomic E-state index is 11.3. The molecule has 0 radical (unpaired) electrons. The number of nitrogens with one attached hydrogen (secondary N) is 1. The molecular weight excluding hydrogens is 226 g/mol. The lowest BCUT2D eigenvalue weighted by Crippen LogP contribution is -2.38. The average Bonchev–Trinajstić information content (AvgIpc) is 2.63. The van der Waals surface area contributed by atoms with Crippen molar-refractivity contribution < 1.29 is 19.5 Å². The van der Waals surface area contributed by atoms with Crippen molar-refractivity contribution >= 4 is 17.7 Å². The van der Waals surface area contributed by atoms with Crippen molar-refractivity contribution in [1.29, 1.82) is 0 Å². The van der Waals surface area contributed by atoms with Gasteiger partial charge in [-0.2, -0.15) is 0 Å². The Morgan fingerprint density at radius 1 is 1.41 bits per heavy atom. The highest BCUT2D eigenvalue weighted by atomic mass is 16.3. The number of nitrogens with zero attached hydrogens (tertiary/aromatic N) is 1. The number of amides is 3. The van der Waals surface area contributed by atoms with Crippen molar-refractivity contribution in [1.82, 2.24) is 10.2 Å². The fraction of sp³-hybridized carbons (Fsp3) is 0.500. The molecule has 1 unspecified atom stereocenters. The van der Waals surface area contributed by atoms with Gasteiger partial charge in [0.05, 0.1) is 6.10 Å². The molecule has 17 heavy (non-hydrogen) atoms. The lowest BCUT2D eigenvalue weighted by Gasteiger charge is -2.14. The van der Waals surface area contributed by atoms with Crippen LogP contribution in [0.3, 0.4) is 0 Å². The van der Waals surface area contributed by atoms with E-state index in [0.717, 1.165) is 4.90 Å². The first-order valence-electron chi connectivity index (χ1n) is 5.23. The molecule has 0 saturated carbocycles. The molecule has 0 fully saturated rings. The van der Waals surface area contributed by atoms with Gasteiger partial charge in [0.25, 0.3) is 11.8 Å². The van der Waals surface area contributed by atoms with E-state index in [1.54, 1.807) is 0 Å². The summed E-state index contributed by atoms with van der Waals surface area (Å²) in [6.07, 6.45) is 1.56. The van der Waals surface area contributed by atoms with Crippen LogP contribution in [0.25, 0.3) is 0 Å². The second kappa shape index (κ2) is 6.12. The molecule has 0 aromatic carbocycles. The number of nitrogens with two attached hydrogens (primary N) is 1. The zero-order valence-electron chi connectivity index (χ0n) is 9.26. The van der Waals surface area contributed by atoms with E-state index in [9.17, 15) is 14.4 Å². The van der Waals surface area contributed by atoms with Gasteiger partial charge in [0.1, 0.15) is 0 Å². The third-order valence-electron chi connectivity index (χ3n) is 2.27. The van der Waals surface area contributed by atoms with Gasteiger partial charge in [-0.1, -0.05) is 0 Å². The van der Waals surface area contributed by atoms with Crippen LogP contribution in [-0.2, 0) is 14.4 Å². The molecule has 4 N–H and O–H groups in total. The van der Waals surface area contributed by atoms with Crippen LogP contribution in [0.1, 0.15) is 6.42 Å². The summed E-state index contributed by atoms with van der Waals surface area (Å²) in [7, 11) is 0. The molecule has 0 aromatic rings. The molecule has 1 rings (SSSR count). The number of rotatable bonds is 6. The SMILES string of the molecule is NCC(O)CNC(=O)CCN1C(=O)C=CC1=O. The van der Waals surface area contributed by atoms with Crippen molar-refractivity contribution in [2.75, 3.05) is 19.6 Å². The summed E-state index contributed by atoms with van der Waals surface area (Å²) in [6.45, 7) is 0.165. The maximum atomic E-state index is 11.3. The van der Waals surface area contributed by atoms with E-state index in [2.05, 4.69) is 5.32 Å². The standard InChI is InChI=1S/C10H15N3O4/c11-5-7(14)6-12-8(15)3-4-13-9(16)1-2-10(13)17/h1-2,7,14H,3-6,11H2,(H,12,15). The summed E-state index contributed by atoms with van der Waals surface area (Å²) in [5.74, 6) is -1.17. The van der Waals surface area contributed by atoms with Crippen molar-refractivity contribution in [3.63, 3.8) is 0 Å². The second-order valence-electron chi connectivity index (χ2n) is 3.61. The molecule has 1 aliphatic heterocycles. The van der Waals surface area contributed by atoms with E-state index in [1.807, 2.05) is 0 Å². The Hall–Kier alpha value is -1.73. The summed E-state index contributed by atoms with van der Waals surface area (Å²) in [5.41, 5.74) is 5.16. The Balaban J connectivity index is 2.24. The van der Waals surface area contributed by atoms with Gasteiger partial charge in [-0.3, -0.25) is 19.3 Å². The number of hydrogen-bond donors (Lipinski definition) is 3. The van der Waals surface area contributed by atoms with E-state index in [4.69, 9.17) is 10.8 Å². The van der Waals surface area contributed by atoms with Gasteiger partial charge in [0.15, 0.2) is 0 Å². The predicted octanol–water partition coefficient (Wildman–Crippen LogP) is -2.26. The fourth-order valence-corrected chi connectivity index (χ4v) is 1.27. The van der Waals surface area contributed by atoms with Crippen LogP contribution in [0.2, 0.25) is 0 Å². The Kier molecular flexibility index (Phi) is 4.80. The third-order valence-corrected chi connectivity index (χ3v) is 2.27. The lowest BCUT2D eigenvalue weighted by atomic mass is 10.3. The van der Waals surface area contributed by atoms with Gasteiger partial charge in [-0.15, -0.1) is 0 Å². The molecule has 7 nitrogen and oxygen atoms in total. The third kappa shape index (κ3) is 3.97. The van der Waals surface area contributed by atoms with Gasteiger partial charge in [-0.05, 0) is 0 Å². The summed E-state index contributed by atoms with van der Waals surface area (Å²) in [6, 6.07) is 0. The van der Waals surface area contributed by atoms with Gasteiger partial charge >= 0.3 is 0 Å². The molecule has 1 aliphatic rings. The molecule has 1 atom stereocenters. The maximum Gasteiger partial charge on any atom is 0.253 e. The largest absolute Gasteiger partial charge is 0.390 e. The topological polar surface area (TPSA) is 113 Å². The molecule has 94 valence electrons. The van der Waals surface area contributed by atoms with E-state index in [-0.39, 0.29) is 32.0 Å². The summed E-state index contributed by atoms with van der Waals surface area (Å²) >= 11 is 0. The first-order valence-corrected chi connectivity index (χ1v) is 5.23. The number of imide groups is 1. The van der Waals surface area contributed by atoms with E-state index >= 15 is 0 Å². The van der Waals surface area contributed by atoms with Crippen LogP contribution in [0, 0.1) is 0 Å². The molecule has 0 saturated heterocycles. The minimum atomic E-state index is -0.782. The van der Waals surface area contributed by atoms with E-state index in [0.29, 0.717) is 0 Å². The summed E-state index contributed by atoms with van der Waals surface area (Å²) in [5, 5.41) is 11.6. The van der Waals surface area contributed by atoms with Crippen LogP contribution in [0.5, 0.6) is 0 Å². The first kappa shape index (κ1) is 13.3. The quantitative estimate of drug-likeness (QED) is 0.454. The number of carbonyl (C=O) groups excluding carboxylic acids is 3. The predicted molar refractivity (Wildman–Crippen MR) is 58.5 cm³/mol. The van der Waals surface area contributed by atoms with Crippen molar-refractivity contribution in [3.05, 3.63) is 12.2 Å². The van der Waals surface area contributed by atoms with E-state index < -0.39 is 17.9 Å². The molecule has 1 heterocycles. The number of aliphatic hydroxyl groups excluding tert-OH is 1. The lowest BCUT2D eigenvalue weighted by molar-refractivity contribution is -0.137. The Bertz CT molecular complexity index is 335. The van der Waals surface area contributed by atoms with Gasteiger partial charge in [0.2, 0.25) is 5.91 Å². The molecule has 7 heteroatoms. The summed E-state index contributed by atoms with van der Waals surface area (Å²) in [4.78, 5) is 34.6. The highest BCUT2D eigenvalue weighted by Gasteiger charge is 2.23. The molecule has 0 spiro atoms. The number of hydrogen-bond acceptors (Lipinski definition) is 5. The van der Waals surface area contributed by atoms with Crippen LogP contribution < -0.4 is 11.1 Å². The van der Waals surface area contributed by atoms with E-state index in [1.165, 1.54) is 12.2 Å². The van der Waals surface area contributed by atoms with Crippen LogP contribution in [-0.4, -0.2) is 53.5 Å².